The van der Waals surface area contributed by atoms with E-state index in [1.165, 1.54) is 11.8 Å². The fourth-order valence-electron chi connectivity index (χ4n) is 3.01. The Balaban J connectivity index is 2.03. The molecule has 3 rings (SSSR count). The molecule has 1 aliphatic heterocycles. The van der Waals surface area contributed by atoms with Crippen LogP contribution in [0.5, 0.6) is 0 Å². The Kier molecular flexibility index (Phi) is 4.38. The number of aliphatic hydroxyl groups is 1. The third-order valence-electron chi connectivity index (χ3n) is 4.09. The zero-order valence-corrected chi connectivity index (χ0v) is 14.4. The van der Waals surface area contributed by atoms with Gasteiger partial charge in [-0.15, -0.1) is 0 Å². The molecule has 0 unspecified atom stereocenters. The first-order valence-corrected chi connectivity index (χ1v) is 8.16. The molecule has 6 heteroatoms. The molecule has 0 aliphatic carbocycles. The number of hydrogen-bond donors (Lipinski definition) is 1. The van der Waals surface area contributed by atoms with E-state index in [4.69, 9.17) is 23.2 Å². The quantitative estimate of drug-likeness (QED) is 0.900. The third kappa shape index (κ3) is 2.81. The summed E-state index contributed by atoms with van der Waals surface area (Å²) in [5, 5.41) is 11.8. The zero-order valence-electron chi connectivity index (χ0n) is 12.9. The van der Waals surface area contributed by atoms with E-state index in [0.29, 0.717) is 26.9 Å². The van der Waals surface area contributed by atoms with Crippen molar-refractivity contribution in [1.82, 2.24) is 0 Å². The summed E-state index contributed by atoms with van der Waals surface area (Å²) in [5.41, 5.74) is -0.106. The van der Waals surface area contributed by atoms with Gasteiger partial charge in [0.05, 0.1) is 12.2 Å². The molecule has 2 aromatic carbocycles. The summed E-state index contributed by atoms with van der Waals surface area (Å²) in [5.74, 6) is -0.781. The molecular formula is C18H15Cl2NO3. The Morgan fingerprint density at radius 3 is 2.58 bits per heavy atom. The van der Waals surface area contributed by atoms with Gasteiger partial charge in [0.1, 0.15) is 5.78 Å². The molecule has 1 N–H and O–H groups in total. The van der Waals surface area contributed by atoms with Gasteiger partial charge >= 0.3 is 0 Å². The minimum absolute atomic E-state index is 0.187. The van der Waals surface area contributed by atoms with E-state index in [1.807, 2.05) is 0 Å². The summed E-state index contributed by atoms with van der Waals surface area (Å²) in [4.78, 5) is 25.9. The Hall–Kier alpha value is -1.88. The van der Waals surface area contributed by atoms with Gasteiger partial charge < -0.3 is 10.0 Å². The van der Waals surface area contributed by atoms with E-state index in [0.717, 1.165) is 0 Å². The van der Waals surface area contributed by atoms with Crippen LogP contribution in [0.4, 0.5) is 5.69 Å². The maximum Gasteiger partial charge on any atom is 0.264 e. The molecule has 1 atom stereocenters. The standard InChI is InChI=1S/C18H15Cl2NO3/c1-11(22)9-18(24)14-4-2-3-5-16(14)21(17(18)23)10-12-6-7-13(19)8-15(12)20/h2-8,24H,9-10H2,1H3/t18-/m0/s1. The molecule has 24 heavy (non-hydrogen) atoms. The maximum atomic E-state index is 12.9. The lowest BCUT2D eigenvalue weighted by atomic mass is 9.90. The number of hydrogen-bond acceptors (Lipinski definition) is 3. The first-order valence-electron chi connectivity index (χ1n) is 7.40. The van der Waals surface area contributed by atoms with Crippen molar-refractivity contribution < 1.29 is 14.7 Å². The number of rotatable bonds is 4. The van der Waals surface area contributed by atoms with Gasteiger partial charge in [0.2, 0.25) is 0 Å². The Bertz CT molecular complexity index is 837. The first kappa shape index (κ1) is 17.0. The lowest BCUT2D eigenvalue weighted by Gasteiger charge is -2.22. The van der Waals surface area contributed by atoms with Crippen molar-refractivity contribution in [3.8, 4) is 0 Å². The summed E-state index contributed by atoms with van der Waals surface area (Å²) in [6.07, 6.45) is -0.256. The monoisotopic (exact) mass is 363 g/mol. The van der Waals surface area contributed by atoms with Gasteiger partial charge in [-0.3, -0.25) is 9.59 Å². The number of anilines is 1. The highest BCUT2D eigenvalue weighted by Crippen LogP contribution is 2.43. The van der Waals surface area contributed by atoms with Crippen LogP contribution in [0.25, 0.3) is 0 Å². The highest BCUT2D eigenvalue weighted by atomic mass is 35.5. The molecular weight excluding hydrogens is 349 g/mol. The molecule has 0 spiro atoms. The molecule has 1 heterocycles. The minimum atomic E-state index is -1.83. The average Bonchev–Trinajstić information content (AvgIpc) is 2.71. The van der Waals surface area contributed by atoms with E-state index in [1.54, 1.807) is 42.5 Å². The van der Waals surface area contributed by atoms with Crippen LogP contribution in [-0.2, 0) is 21.7 Å². The number of ketones is 1. The van der Waals surface area contributed by atoms with Crippen LogP contribution < -0.4 is 4.90 Å². The maximum absolute atomic E-state index is 12.9. The lowest BCUT2D eigenvalue weighted by Crippen LogP contribution is -2.41. The van der Waals surface area contributed by atoms with Crippen LogP contribution >= 0.6 is 23.2 Å². The molecule has 2 aromatic rings. The molecule has 1 aliphatic rings. The smallest absolute Gasteiger partial charge is 0.264 e. The lowest BCUT2D eigenvalue weighted by molar-refractivity contribution is -0.141. The van der Waals surface area contributed by atoms with Gasteiger partial charge in [-0.1, -0.05) is 47.5 Å². The second-order valence-electron chi connectivity index (χ2n) is 5.88. The van der Waals surface area contributed by atoms with Crippen molar-refractivity contribution in [2.24, 2.45) is 0 Å². The van der Waals surface area contributed by atoms with Crippen LogP contribution in [0.3, 0.4) is 0 Å². The van der Waals surface area contributed by atoms with E-state index in [2.05, 4.69) is 0 Å². The van der Waals surface area contributed by atoms with E-state index >= 15 is 0 Å². The van der Waals surface area contributed by atoms with Gasteiger partial charge in [-0.25, -0.2) is 0 Å². The van der Waals surface area contributed by atoms with E-state index in [-0.39, 0.29) is 18.7 Å². The molecule has 0 radical (unpaired) electrons. The summed E-state index contributed by atoms with van der Waals surface area (Å²) in [6, 6.07) is 12.0. The van der Waals surface area contributed by atoms with Crippen LogP contribution in [0.15, 0.2) is 42.5 Å². The average molecular weight is 364 g/mol. The number of halogens is 2. The minimum Gasteiger partial charge on any atom is -0.375 e. The third-order valence-corrected chi connectivity index (χ3v) is 4.67. The summed E-state index contributed by atoms with van der Waals surface area (Å²) < 4.78 is 0. The van der Waals surface area contributed by atoms with Crippen LogP contribution in [-0.4, -0.2) is 16.8 Å². The second-order valence-corrected chi connectivity index (χ2v) is 6.73. The van der Waals surface area contributed by atoms with Crippen molar-refractivity contribution in [3.63, 3.8) is 0 Å². The summed E-state index contributed by atoms with van der Waals surface area (Å²) in [6.45, 7) is 1.54. The summed E-state index contributed by atoms with van der Waals surface area (Å²) >= 11 is 12.1. The predicted octanol–water partition coefficient (Wildman–Crippen LogP) is 3.71. The van der Waals surface area contributed by atoms with Crippen molar-refractivity contribution >= 4 is 40.6 Å². The number of amides is 1. The fraction of sp³-hybridized carbons (Fsp3) is 0.222. The Labute approximate surface area is 149 Å². The number of fused-ring (bicyclic) bond motifs is 1. The van der Waals surface area contributed by atoms with Gasteiger partial charge in [-0.2, -0.15) is 0 Å². The highest BCUT2D eigenvalue weighted by molar-refractivity contribution is 6.35. The SMILES string of the molecule is CC(=O)C[C@@]1(O)C(=O)N(Cc2ccc(Cl)cc2Cl)c2ccccc21. The van der Waals surface area contributed by atoms with Crippen molar-refractivity contribution in [2.75, 3.05) is 4.90 Å². The van der Waals surface area contributed by atoms with Crippen molar-refractivity contribution in [3.05, 3.63) is 63.6 Å². The largest absolute Gasteiger partial charge is 0.375 e. The molecule has 0 bridgehead atoms. The van der Waals surface area contributed by atoms with Crippen LogP contribution in [0.1, 0.15) is 24.5 Å². The van der Waals surface area contributed by atoms with Crippen molar-refractivity contribution in [2.45, 2.75) is 25.5 Å². The normalized spacial score (nSPS) is 19.5. The van der Waals surface area contributed by atoms with Crippen LogP contribution in [0, 0.1) is 0 Å². The number of nitrogens with zero attached hydrogens (tertiary/aromatic N) is 1. The first-order chi connectivity index (χ1) is 11.3. The van der Waals surface area contributed by atoms with Gasteiger partial charge in [-0.05, 0) is 30.7 Å². The molecule has 4 nitrogen and oxygen atoms in total. The topological polar surface area (TPSA) is 57.6 Å². The number of carbonyl (C=O) groups is 2. The van der Waals surface area contributed by atoms with Gasteiger partial charge in [0.15, 0.2) is 5.60 Å². The van der Waals surface area contributed by atoms with E-state index in [9.17, 15) is 14.7 Å². The van der Waals surface area contributed by atoms with E-state index < -0.39 is 11.5 Å². The second kappa shape index (κ2) is 6.20. The van der Waals surface area contributed by atoms with Crippen molar-refractivity contribution in [1.29, 1.82) is 0 Å². The zero-order chi connectivity index (χ0) is 17.5. The molecule has 0 saturated heterocycles. The summed E-state index contributed by atoms with van der Waals surface area (Å²) in [7, 11) is 0. The van der Waals surface area contributed by atoms with Crippen LogP contribution in [0.2, 0.25) is 10.0 Å². The number of carbonyl (C=O) groups excluding carboxylic acids is 2. The molecule has 0 fully saturated rings. The predicted molar refractivity (Wildman–Crippen MR) is 93.3 cm³/mol. The molecule has 0 saturated carbocycles. The number of benzene rings is 2. The molecule has 1 amide bonds. The highest BCUT2D eigenvalue weighted by Gasteiger charge is 2.50. The van der Waals surface area contributed by atoms with Gasteiger partial charge in [0.25, 0.3) is 5.91 Å². The number of para-hydroxylation sites is 1. The fourth-order valence-corrected chi connectivity index (χ4v) is 3.48. The number of Topliss-reactive ketones (excluding diaryl/α,β-unsaturated/α-hetero) is 1. The molecule has 0 aromatic heterocycles. The molecule has 124 valence electrons. The Morgan fingerprint density at radius 1 is 1.21 bits per heavy atom. The van der Waals surface area contributed by atoms with Gasteiger partial charge in [0, 0.05) is 22.0 Å². The Morgan fingerprint density at radius 2 is 1.92 bits per heavy atom.